The Kier molecular flexibility index (Phi) is 4.60. The molecule has 2 N–H and O–H groups in total. The summed E-state index contributed by atoms with van der Waals surface area (Å²) >= 11 is 0. The summed E-state index contributed by atoms with van der Waals surface area (Å²) in [6.45, 7) is 4.98. The van der Waals surface area contributed by atoms with Crippen LogP contribution in [-0.4, -0.2) is 27.4 Å². The summed E-state index contributed by atoms with van der Waals surface area (Å²) in [6, 6.07) is 5.27. The van der Waals surface area contributed by atoms with Gasteiger partial charge in [-0.3, -0.25) is 4.79 Å². The van der Waals surface area contributed by atoms with Crippen molar-refractivity contribution >= 4 is 11.7 Å². The van der Waals surface area contributed by atoms with Crippen LogP contribution in [0.4, 0.5) is 5.82 Å². The number of rotatable bonds is 5. The first-order chi connectivity index (χ1) is 9.69. The lowest BCUT2D eigenvalue weighted by atomic mass is 10.2. The van der Waals surface area contributed by atoms with Crippen molar-refractivity contribution < 1.29 is 4.79 Å². The predicted molar refractivity (Wildman–Crippen MR) is 76.3 cm³/mol. The number of carbonyl (C=O) groups is 1. The Morgan fingerprint density at radius 1 is 1.35 bits per heavy atom. The molecule has 6 nitrogen and oxygen atoms in total. The predicted octanol–water partition coefficient (Wildman–Crippen LogP) is 1.54. The summed E-state index contributed by atoms with van der Waals surface area (Å²) in [5.41, 5.74) is 2.16. The second kappa shape index (κ2) is 6.60. The number of carbonyl (C=O) groups excluding carboxylic acids is 1. The number of aromatic nitrogens is 3. The molecule has 0 spiro atoms. The molecule has 1 amide bonds. The highest BCUT2D eigenvalue weighted by molar-refractivity contribution is 5.94. The number of aryl methyl sites for hydroxylation is 1. The summed E-state index contributed by atoms with van der Waals surface area (Å²) in [4.78, 5) is 24.3. The molecule has 0 unspecified atom stereocenters. The van der Waals surface area contributed by atoms with E-state index in [-0.39, 0.29) is 5.91 Å². The zero-order valence-electron chi connectivity index (χ0n) is 11.6. The lowest BCUT2D eigenvalue weighted by molar-refractivity contribution is 0.0950. The fourth-order valence-electron chi connectivity index (χ4n) is 1.77. The van der Waals surface area contributed by atoms with E-state index in [1.807, 2.05) is 13.8 Å². The van der Waals surface area contributed by atoms with Gasteiger partial charge in [-0.05, 0) is 32.0 Å². The van der Waals surface area contributed by atoms with Crippen molar-refractivity contribution in [1.29, 1.82) is 0 Å². The standard InChI is InChI=1S/C14H17N5O/c1-3-16-13-7-11(6-10(2)19-13)14(20)17-8-12-4-5-15-9-18-12/h4-7,9H,3,8H2,1-2H3,(H,16,19)(H,17,20). The van der Waals surface area contributed by atoms with Crippen molar-refractivity contribution in [3.8, 4) is 0 Å². The van der Waals surface area contributed by atoms with Crippen molar-refractivity contribution in [2.45, 2.75) is 20.4 Å². The summed E-state index contributed by atoms with van der Waals surface area (Å²) in [5, 5.41) is 5.93. The molecule has 0 radical (unpaired) electrons. The molecule has 2 heterocycles. The van der Waals surface area contributed by atoms with Crippen molar-refractivity contribution in [2.75, 3.05) is 11.9 Å². The fraction of sp³-hybridized carbons (Fsp3) is 0.286. The van der Waals surface area contributed by atoms with Gasteiger partial charge in [0.1, 0.15) is 12.1 Å². The van der Waals surface area contributed by atoms with Gasteiger partial charge < -0.3 is 10.6 Å². The molecule has 0 aliphatic heterocycles. The number of hydrogen-bond donors (Lipinski definition) is 2. The average molecular weight is 271 g/mol. The quantitative estimate of drug-likeness (QED) is 0.862. The van der Waals surface area contributed by atoms with Crippen LogP contribution in [0.2, 0.25) is 0 Å². The molecular formula is C14H17N5O. The van der Waals surface area contributed by atoms with E-state index in [1.54, 1.807) is 24.4 Å². The maximum atomic E-state index is 12.1. The third kappa shape index (κ3) is 3.74. The molecule has 0 fully saturated rings. The van der Waals surface area contributed by atoms with Crippen LogP contribution in [0.15, 0.2) is 30.7 Å². The molecule has 6 heteroatoms. The fourth-order valence-corrected chi connectivity index (χ4v) is 1.77. The van der Waals surface area contributed by atoms with Crippen LogP contribution in [0.3, 0.4) is 0 Å². The highest BCUT2D eigenvalue weighted by Gasteiger charge is 2.08. The molecule has 0 aliphatic carbocycles. The van der Waals surface area contributed by atoms with Gasteiger partial charge in [0.05, 0.1) is 12.2 Å². The zero-order chi connectivity index (χ0) is 14.4. The lowest BCUT2D eigenvalue weighted by Crippen LogP contribution is -2.23. The Balaban J connectivity index is 2.05. The smallest absolute Gasteiger partial charge is 0.251 e. The SMILES string of the molecule is CCNc1cc(C(=O)NCc2ccncn2)cc(C)n1. The van der Waals surface area contributed by atoms with Gasteiger partial charge >= 0.3 is 0 Å². The Hall–Kier alpha value is -2.50. The van der Waals surface area contributed by atoms with E-state index < -0.39 is 0 Å². The normalized spacial score (nSPS) is 10.1. The molecule has 0 bridgehead atoms. The van der Waals surface area contributed by atoms with Crippen LogP contribution in [0.5, 0.6) is 0 Å². The Morgan fingerprint density at radius 3 is 2.90 bits per heavy atom. The molecule has 104 valence electrons. The minimum absolute atomic E-state index is 0.145. The van der Waals surface area contributed by atoms with E-state index in [0.29, 0.717) is 17.9 Å². The minimum atomic E-state index is -0.145. The molecule has 2 rings (SSSR count). The first kappa shape index (κ1) is 13.9. The van der Waals surface area contributed by atoms with Gasteiger partial charge in [0.15, 0.2) is 0 Å². The summed E-state index contributed by atoms with van der Waals surface area (Å²) in [6.07, 6.45) is 3.11. The van der Waals surface area contributed by atoms with Gasteiger partial charge in [0.2, 0.25) is 0 Å². The molecule has 2 aromatic heterocycles. The number of hydrogen-bond acceptors (Lipinski definition) is 5. The molecule has 0 atom stereocenters. The van der Waals surface area contributed by atoms with Crippen LogP contribution in [0.25, 0.3) is 0 Å². The maximum absolute atomic E-state index is 12.1. The summed E-state index contributed by atoms with van der Waals surface area (Å²) < 4.78 is 0. The maximum Gasteiger partial charge on any atom is 0.251 e. The van der Waals surface area contributed by atoms with Crippen LogP contribution in [-0.2, 0) is 6.54 Å². The zero-order valence-corrected chi connectivity index (χ0v) is 11.6. The number of nitrogens with zero attached hydrogens (tertiary/aromatic N) is 3. The monoisotopic (exact) mass is 271 g/mol. The van der Waals surface area contributed by atoms with Crippen LogP contribution >= 0.6 is 0 Å². The van der Waals surface area contributed by atoms with E-state index in [0.717, 1.165) is 17.9 Å². The van der Waals surface area contributed by atoms with E-state index in [2.05, 4.69) is 25.6 Å². The minimum Gasteiger partial charge on any atom is -0.370 e. The van der Waals surface area contributed by atoms with Crippen molar-refractivity contribution in [1.82, 2.24) is 20.3 Å². The third-order valence-corrected chi connectivity index (χ3v) is 2.65. The highest BCUT2D eigenvalue weighted by Crippen LogP contribution is 2.10. The first-order valence-corrected chi connectivity index (χ1v) is 6.44. The Bertz CT molecular complexity index is 585. The molecule has 20 heavy (non-hydrogen) atoms. The van der Waals surface area contributed by atoms with Gasteiger partial charge in [-0.1, -0.05) is 0 Å². The molecule has 0 saturated carbocycles. The van der Waals surface area contributed by atoms with Crippen molar-refractivity contribution in [2.24, 2.45) is 0 Å². The van der Waals surface area contributed by atoms with Crippen molar-refractivity contribution in [3.05, 3.63) is 47.7 Å². The van der Waals surface area contributed by atoms with E-state index >= 15 is 0 Å². The Labute approximate surface area is 117 Å². The third-order valence-electron chi connectivity index (χ3n) is 2.65. The van der Waals surface area contributed by atoms with Crippen LogP contribution in [0.1, 0.15) is 28.7 Å². The van der Waals surface area contributed by atoms with Crippen LogP contribution in [0, 0.1) is 6.92 Å². The Morgan fingerprint density at radius 2 is 2.20 bits per heavy atom. The number of anilines is 1. The molecular weight excluding hydrogens is 254 g/mol. The summed E-state index contributed by atoms with van der Waals surface area (Å²) in [5.74, 6) is 0.563. The molecule has 0 aliphatic rings. The van der Waals surface area contributed by atoms with Crippen molar-refractivity contribution in [3.63, 3.8) is 0 Å². The van der Waals surface area contributed by atoms with Gasteiger partial charge in [0, 0.05) is 24.0 Å². The highest BCUT2D eigenvalue weighted by atomic mass is 16.1. The van der Waals surface area contributed by atoms with Gasteiger partial charge in [-0.2, -0.15) is 0 Å². The topological polar surface area (TPSA) is 79.8 Å². The van der Waals surface area contributed by atoms with Gasteiger partial charge in [0.25, 0.3) is 5.91 Å². The number of nitrogens with one attached hydrogen (secondary N) is 2. The number of pyridine rings is 1. The molecule has 2 aromatic rings. The largest absolute Gasteiger partial charge is 0.370 e. The molecule has 0 saturated heterocycles. The lowest BCUT2D eigenvalue weighted by Gasteiger charge is -2.08. The van der Waals surface area contributed by atoms with Gasteiger partial charge in [-0.15, -0.1) is 0 Å². The second-order valence-electron chi connectivity index (χ2n) is 4.30. The van der Waals surface area contributed by atoms with E-state index in [4.69, 9.17) is 0 Å². The van der Waals surface area contributed by atoms with E-state index in [1.165, 1.54) is 6.33 Å². The summed E-state index contributed by atoms with van der Waals surface area (Å²) in [7, 11) is 0. The van der Waals surface area contributed by atoms with Gasteiger partial charge in [-0.25, -0.2) is 15.0 Å². The molecule has 0 aromatic carbocycles. The van der Waals surface area contributed by atoms with Crippen LogP contribution < -0.4 is 10.6 Å². The van der Waals surface area contributed by atoms with E-state index in [9.17, 15) is 4.79 Å². The first-order valence-electron chi connectivity index (χ1n) is 6.44. The average Bonchev–Trinajstić information content (AvgIpc) is 2.45. The number of amides is 1. The second-order valence-corrected chi connectivity index (χ2v) is 4.30.